The fraction of sp³-hybridized carbons (Fsp3) is 0.500. The van der Waals surface area contributed by atoms with Crippen molar-refractivity contribution >= 4 is 5.91 Å². The van der Waals surface area contributed by atoms with Crippen LogP contribution in [0, 0.1) is 12.8 Å². The Hall–Kier alpha value is -2.30. The van der Waals surface area contributed by atoms with E-state index in [9.17, 15) is 4.79 Å². The molecule has 1 saturated heterocycles. The summed E-state index contributed by atoms with van der Waals surface area (Å²) in [5, 5.41) is 7.18. The van der Waals surface area contributed by atoms with Crippen LogP contribution in [0.25, 0.3) is 0 Å². The summed E-state index contributed by atoms with van der Waals surface area (Å²) in [6, 6.07) is 9.96. The lowest BCUT2D eigenvalue weighted by atomic mass is 10.1. The Balaban J connectivity index is 1.54. The molecule has 2 aromatic rings. The fourth-order valence-electron chi connectivity index (χ4n) is 3.22. The highest BCUT2D eigenvalue weighted by Crippen LogP contribution is 2.23. The molecule has 0 unspecified atom stereocenters. The minimum atomic E-state index is 0.0144. The molecule has 0 bridgehead atoms. The lowest BCUT2D eigenvalue weighted by Crippen LogP contribution is -2.42. The van der Waals surface area contributed by atoms with E-state index in [1.807, 2.05) is 29.2 Å². The van der Waals surface area contributed by atoms with Crippen molar-refractivity contribution in [1.29, 1.82) is 0 Å². The number of rotatable bonds is 5. The van der Waals surface area contributed by atoms with E-state index in [2.05, 4.69) is 37.0 Å². The molecule has 1 N–H and O–H groups in total. The van der Waals surface area contributed by atoms with Crippen molar-refractivity contribution in [3.05, 3.63) is 47.3 Å². The largest absolute Gasteiger partial charge is 0.490 e. The molecular weight excluding hydrogens is 314 g/mol. The lowest BCUT2D eigenvalue weighted by Gasteiger charge is -2.32. The van der Waals surface area contributed by atoms with E-state index in [0.29, 0.717) is 24.7 Å². The minimum absolute atomic E-state index is 0.0144. The van der Waals surface area contributed by atoms with Crippen molar-refractivity contribution in [3.63, 3.8) is 0 Å². The molecule has 1 aliphatic heterocycles. The van der Waals surface area contributed by atoms with Gasteiger partial charge in [-0.25, -0.2) is 0 Å². The van der Waals surface area contributed by atoms with E-state index >= 15 is 0 Å². The van der Waals surface area contributed by atoms with Crippen LogP contribution in [0.1, 0.15) is 48.4 Å². The SMILES string of the molecule is Cc1ccccc1OC1CCN(C(=O)c2cc(CC(C)C)[nH]n2)CC1. The maximum absolute atomic E-state index is 12.6. The van der Waals surface area contributed by atoms with Gasteiger partial charge in [0.2, 0.25) is 0 Å². The zero-order valence-corrected chi connectivity index (χ0v) is 15.3. The first-order valence-corrected chi connectivity index (χ1v) is 9.08. The Kier molecular flexibility index (Phi) is 5.41. The molecule has 3 rings (SSSR count). The van der Waals surface area contributed by atoms with Gasteiger partial charge >= 0.3 is 0 Å². The third-order valence-corrected chi connectivity index (χ3v) is 4.59. The number of hydrogen-bond donors (Lipinski definition) is 1. The molecule has 5 nitrogen and oxygen atoms in total. The Morgan fingerprint density at radius 2 is 2.04 bits per heavy atom. The van der Waals surface area contributed by atoms with Crippen molar-refractivity contribution in [1.82, 2.24) is 15.1 Å². The normalized spacial score (nSPS) is 15.6. The van der Waals surface area contributed by atoms with E-state index in [1.54, 1.807) is 0 Å². The number of nitrogens with zero attached hydrogens (tertiary/aromatic N) is 2. The van der Waals surface area contributed by atoms with Crippen molar-refractivity contribution in [2.45, 2.75) is 46.1 Å². The molecule has 1 aromatic heterocycles. The van der Waals surface area contributed by atoms with Crippen LogP contribution in [0.2, 0.25) is 0 Å². The third-order valence-electron chi connectivity index (χ3n) is 4.59. The highest BCUT2D eigenvalue weighted by molar-refractivity contribution is 5.92. The summed E-state index contributed by atoms with van der Waals surface area (Å²) in [6.45, 7) is 7.78. The van der Waals surface area contributed by atoms with Crippen molar-refractivity contribution in [2.75, 3.05) is 13.1 Å². The van der Waals surface area contributed by atoms with Gasteiger partial charge in [0, 0.05) is 31.6 Å². The number of carbonyl (C=O) groups excluding carboxylic acids is 1. The van der Waals surface area contributed by atoms with Gasteiger partial charge in [-0.2, -0.15) is 5.10 Å². The Bertz CT molecular complexity index is 715. The van der Waals surface area contributed by atoms with Gasteiger partial charge in [-0.05, 0) is 37.0 Å². The average molecular weight is 341 g/mol. The topological polar surface area (TPSA) is 58.2 Å². The zero-order valence-electron chi connectivity index (χ0n) is 15.3. The predicted octanol–water partition coefficient (Wildman–Crippen LogP) is 3.60. The third kappa shape index (κ3) is 4.41. The standard InChI is InChI=1S/C20H27N3O2/c1-14(2)12-16-13-18(22-21-16)20(24)23-10-8-17(9-11-23)25-19-7-5-4-6-15(19)3/h4-7,13-14,17H,8-12H2,1-3H3,(H,21,22). The van der Waals surface area contributed by atoms with Gasteiger partial charge in [0.1, 0.15) is 17.5 Å². The summed E-state index contributed by atoms with van der Waals surface area (Å²) in [7, 11) is 0. The summed E-state index contributed by atoms with van der Waals surface area (Å²) >= 11 is 0. The first-order chi connectivity index (χ1) is 12.0. The summed E-state index contributed by atoms with van der Waals surface area (Å²) in [5.41, 5.74) is 2.69. The quantitative estimate of drug-likeness (QED) is 0.904. The number of hydrogen-bond acceptors (Lipinski definition) is 3. The van der Waals surface area contributed by atoms with Crippen LogP contribution in [0.4, 0.5) is 0 Å². The van der Waals surface area contributed by atoms with E-state index in [4.69, 9.17) is 4.74 Å². The number of aromatic amines is 1. The van der Waals surface area contributed by atoms with Crippen LogP contribution in [-0.4, -0.2) is 40.2 Å². The molecule has 0 radical (unpaired) electrons. The summed E-state index contributed by atoms with van der Waals surface area (Å²) in [5.74, 6) is 1.50. The number of carbonyl (C=O) groups is 1. The number of likely N-dealkylation sites (tertiary alicyclic amines) is 1. The van der Waals surface area contributed by atoms with E-state index < -0.39 is 0 Å². The molecule has 5 heteroatoms. The summed E-state index contributed by atoms with van der Waals surface area (Å²) in [6.07, 6.45) is 2.78. The molecule has 0 atom stereocenters. The number of aryl methyl sites for hydroxylation is 1. The van der Waals surface area contributed by atoms with E-state index in [-0.39, 0.29) is 12.0 Å². The van der Waals surface area contributed by atoms with Gasteiger partial charge in [0.05, 0.1) is 0 Å². The maximum Gasteiger partial charge on any atom is 0.274 e. The van der Waals surface area contributed by atoms with Gasteiger partial charge in [0.15, 0.2) is 0 Å². The Morgan fingerprint density at radius 3 is 2.72 bits per heavy atom. The smallest absolute Gasteiger partial charge is 0.274 e. The second kappa shape index (κ2) is 7.72. The summed E-state index contributed by atoms with van der Waals surface area (Å²) < 4.78 is 6.11. The molecule has 1 aliphatic rings. The number of piperidine rings is 1. The molecule has 1 amide bonds. The monoisotopic (exact) mass is 341 g/mol. The van der Waals surface area contributed by atoms with Crippen LogP contribution in [0.3, 0.4) is 0 Å². The lowest BCUT2D eigenvalue weighted by molar-refractivity contribution is 0.0589. The van der Waals surface area contributed by atoms with Crippen LogP contribution in [0.5, 0.6) is 5.75 Å². The molecule has 0 aliphatic carbocycles. The van der Waals surface area contributed by atoms with Gasteiger partial charge in [-0.3, -0.25) is 9.89 Å². The highest BCUT2D eigenvalue weighted by atomic mass is 16.5. The highest BCUT2D eigenvalue weighted by Gasteiger charge is 2.26. The molecule has 0 saturated carbocycles. The van der Waals surface area contributed by atoms with E-state index in [1.165, 1.54) is 0 Å². The molecular formula is C20H27N3O2. The van der Waals surface area contributed by atoms with Gasteiger partial charge in [-0.1, -0.05) is 32.0 Å². The second-order valence-electron chi connectivity index (χ2n) is 7.25. The number of nitrogens with one attached hydrogen (secondary N) is 1. The fourth-order valence-corrected chi connectivity index (χ4v) is 3.22. The van der Waals surface area contributed by atoms with Crippen molar-refractivity contribution < 1.29 is 9.53 Å². The Morgan fingerprint density at radius 1 is 1.32 bits per heavy atom. The zero-order chi connectivity index (χ0) is 17.8. The first kappa shape index (κ1) is 17.5. The second-order valence-corrected chi connectivity index (χ2v) is 7.25. The van der Waals surface area contributed by atoms with Crippen LogP contribution in [0.15, 0.2) is 30.3 Å². The van der Waals surface area contributed by atoms with Gasteiger partial charge in [-0.15, -0.1) is 0 Å². The molecule has 1 aromatic carbocycles. The van der Waals surface area contributed by atoms with Gasteiger partial charge < -0.3 is 9.64 Å². The van der Waals surface area contributed by atoms with Crippen molar-refractivity contribution in [2.24, 2.45) is 5.92 Å². The molecule has 25 heavy (non-hydrogen) atoms. The minimum Gasteiger partial charge on any atom is -0.490 e. The molecule has 1 fully saturated rings. The molecule has 134 valence electrons. The molecule has 2 heterocycles. The maximum atomic E-state index is 12.6. The van der Waals surface area contributed by atoms with Crippen LogP contribution >= 0.6 is 0 Å². The van der Waals surface area contributed by atoms with E-state index in [0.717, 1.165) is 36.3 Å². The number of para-hydroxylation sites is 1. The average Bonchev–Trinajstić information content (AvgIpc) is 3.05. The first-order valence-electron chi connectivity index (χ1n) is 9.08. The van der Waals surface area contributed by atoms with Crippen molar-refractivity contribution in [3.8, 4) is 5.75 Å². The number of amides is 1. The van der Waals surface area contributed by atoms with Crippen LogP contribution in [-0.2, 0) is 6.42 Å². The van der Waals surface area contributed by atoms with Gasteiger partial charge in [0.25, 0.3) is 5.91 Å². The number of aromatic nitrogens is 2. The number of ether oxygens (including phenoxy) is 1. The molecule has 0 spiro atoms. The predicted molar refractivity (Wildman–Crippen MR) is 97.9 cm³/mol. The summed E-state index contributed by atoms with van der Waals surface area (Å²) in [4.78, 5) is 14.5. The number of benzene rings is 1. The van der Waals surface area contributed by atoms with Crippen LogP contribution < -0.4 is 4.74 Å². The Labute approximate surface area is 149 Å². The number of H-pyrrole nitrogens is 1.